The first-order chi connectivity index (χ1) is 5.29. The summed E-state index contributed by atoms with van der Waals surface area (Å²) in [7, 11) is 0. The van der Waals surface area contributed by atoms with Crippen LogP contribution in [0.1, 0.15) is 11.1 Å². The number of hydrogen-bond donors (Lipinski definition) is 1. The van der Waals surface area contributed by atoms with E-state index in [1.54, 1.807) is 6.07 Å². The van der Waals surface area contributed by atoms with E-state index in [1.807, 2.05) is 0 Å². The van der Waals surface area contributed by atoms with Crippen LogP contribution in [-0.4, -0.2) is 5.11 Å². The molecule has 1 N–H and O–H groups in total. The quantitative estimate of drug-likeness (QED) is 0.660. The van der Waals surface area contributed by atoms with Crippen molar-refractivity contribution in [3.63, 3.8) is 0 Å². The molecule has 0 atom stereocenters. The van der Waals surface area contributed by atoms with Crippen LogP contribution >= 0.6 is 0 Å². The van der Waals surface area contributed by atoms with E-state index in [4.69, 9.17) is 10.4 Å². The van der Waals surface area contributed by atoms with E-state index in [9.17, 15) is 4.39 Å². The minimum Gasteiger partial charge on any atom is -0.385 e. The molecule has 2 nitrogen and oxygen atoms in total. The van der Waals surface area contributed by atoms with Gasteiger partial charge in [-0.15, -0.1) is 0 Å². The third-order valence-corrected chi connectivity index (χ3v) is 1.29. The third-order valence-electron chi connectivity index (χ3n) is 1.29. The normalized spacial score (nSPS) is 9.18. The number of aliphatic hydroxyl groups excluding tert-OH is 1. The Hall–Kier alpha value is -1.40. The second-order valence-corrected chi connectivity index (χ2v) is 1.95. The fourth-order valence-electron chi connectivity index (χ4n) is 0.736. The molecular formula is C8H5FNO. The molecule has 11 heavy (non-hydrogen) atoms. The van der Waals surface area contributed by atoms with Gasteiger partial charge in [-0.05, 0) is 6.07 Å². The minimum atomic E-state index is -0.683. The summed E-state index contributed by atoms with van der Waals surface area (Å²) in [5.74, 6) is -0.683. The van der Waals surface area contributed by atoms with Crippen molar-refractivity contribution in [1.82, 2.24) is 0 Å². The van der Waals surface area contributed by atoms with Crippen LogP contribution in [0, 0.1) is 23.8 Å². The number of rotatable bonds is 1. The SMILES string of the molecule is N#Cc1cccc([CH]O)c1F. The summed E-state index contributed by atoms with van der Waals surface area (Å²) in [5, 5.41) is 16.8. The van der Waals surface area contributed by atoms with Crippen molar-refractivity contribution >= 4 is 0 Å². The van der Waals surface area contributed by atoms with E-state index < -0.39 is 5.82 Å². The monoisotopic (exact) mass is 150 g/mol. The fourth-order valence-corrected chi connectivity index (χ4v) is 0.736. The van der Waals surface area contributed by atoms with E-state index >= 15 is 0 Å². The molecule has 3 heteroatoms. The van der Waals surface area contributed by atoms with Gasteiger partial charge in [-0.3, -0.25) is 0 Å². The predicted octanol–water partition coefficient (Wildman–Crippen LogP) is 1.58. The number of aliphatic hydroxyl groups is 1. The molecule has 1 aromatic rings. The Morgan fingerprint density at radius 1 is 1.55 bits per heavy atom. The molecule has 0 saturated carbocycles. The van der Waals surface area contributed by atoms with Crippen LogP contribution in [0.3, 0.4) is 0 Å². The Kier molecular flexibility index (Phi) is 2.19. The fraction of sp³-hybridized carbons (Fsp3) is 0. The van der Waals surface area contributed by atoms with Crippen LogP contribution in [0.5, 0.6) is 0 Å². The Morgan fingerprint density at radius 2 is 2.27 bits per heavy atom. The van der Waals surface area contributed by atoms with Crippen LogP contribution in [-0.2, 0) is 0 Å². The lowest BCUT2D eigenvalue weighted by atomic mass is 10.1. The Bertz CT molecular complexity index is 303. The molecule has 0 spiro atoms. The average Bonchev–Trinajstić information content (AvgIpc) is 2.05. The highest BCUT2D eigenvalue weighted by atomic mass is 19.1. The van der Waals surface area contributed by atoms with Gasteiger partial charge < -0.3 is 5.11 Å². The third kappa shape index (κ3) is 1.36. The number of nitrogens with zero attached hydrogens (tertiary/aromatic N) is 1. The summed E-state index contributed by atoms with van der Waals surface area (Å²) in [6.07, 6.45) is 0. The maximum absolute atomic E-state index is 12.9. The average molecular weight is 150 g/mol. The molecule has 0 heterocycles. The van der Waals surface area contributed by atoms with Gasteiger partial charge in [0.25, 0.3) is 0 Å². The first kappa shape index (κ1) is 7.70. The lowest BCUT2D eigenvalue weighted by Gasteiger charge is -1.97. The summed E-state index contributed by atoms with van der Waals surface area (Å²) in [6.45, 7) is 0.635. The van der Waals surface area contributed by atoms with Gasteiger partial charge in [-0.25, -0.2) is 4.39 Å². The highest BCUT2D eigenvalue weighted by Crippen LogP contribution is 2.12. The first-order valence-electron chi connectivity index (χ1n) is 2.95. The number of halogens is 1. The first-order valence-corrected chi connectivity index (χ1v) is 2.95. The summed E-state index contributed by atoms with van der Waals surface area (Å²) in [4.78, 5) is 0. The van der Waals surface area contributed by atoms with Crippen LogP contribution < -0.4 is 0 Å². The molecule has 0 amide bonds. The molecule has 0 aliphatic carbocycles. The minimum absolute atomic E-state index is 0.0315. The zero-order chi connectivity index (χ0) is 8.27. The van der Waals surface area contributed by atoms with Crippen LogP contribution in [0.15, 0.2) is 18.2 Å². The molecule has 0 aromatic heterocycles. The zero-order valence-electron chi connectivity index (χ0n) is 5.58. The number of benzene rings is 1. The molecule has 0 fully saturated rings. The van der Waals surface area contributed by atoms with Gasteiger partial charge in [0, 0.05) is 5.56 Å². The molecule has 1 aromatic carbocycles. The van der Waals surface area contributed by atoms with Gasteiger partial charge in [0.05, 0.1) is 5.56 Å². The number of hydrogen-bond acceptors (Lipinski definition) is 2. The van der Waals surface area contributed by atoms with E-state index in [1.165, 1.54) is 18.2 Å². The van der Waals surface area contributed by atoms with Crippen LogP contribution in [0.2, 0.25) is 0 Å². The highest BCUT2D eigenvalue weighted by Gasteiger charge is 2.05. The summed E-state index contributed by atoms with van der Waals surface area (Å²) in [5.41, 5.74) is -0.0307. The van der Waals surface area contributed by atoms with Crippen molar-refractivity contribution in [3.8, 4) is 6.07 Å². The van der Waals surface area contributed by atoms with E-state index in [-0.39, 0.29) is 11.1 Å². The Labute approximate surface area is 63.5 Å². The van der Waals surface area contributed by atoms with Gasteiger partial charge in [-0.1, -0.05) is 12.1 Å². The molecule has 0 aliphatic heterocycles. The van der Waals surface area contributed by atoms with Gasteiger partial charge in [0.2, 0.25) is 0 Å². The van der Waals surface area contributed by atoms with E-state index in [0.29, 0.717) is 6.61 Å². The summed E-state index contributed by atoms with van der Waals surface area (Å²) >= 11 is 0. The van der Waals surface area contributed by atoms with Crippen molar-refractivity contribution in [1.29, 1.82) is 5.26 Å². The molecular weight excluding hydrogens is 145 g/mol. The van der Waals surface area contributed by atoms with E-state index in [2.05, 4.69) is 0 Å². The summed E-state index contributed by atoms with van der Waals surface area (Å²) < 4.78 is 12.9. The van der Waals surface area contributed by atoms with Crippen molar-refractivity contribution in [3.05, 3.63) is 41.8 Å². The zero-order valence-corrected chi connectivity index (χ0v) is 5.58. The topological polar surface area (TPSA) is 44.0 Å². The molecule has 0 aliphatic rings. The van der Waals surface area contributed by atoms with E-state index in [0.717, 1.165) is 0 Å². The second kappa shape index (κ2) is 3.13. The van der Waals surface area contributed by atoms with Crippen molar-refractivity contribution in [2.75, 3.05) is 0 Å². The van der Waals surface area contributed by atoms with Crippen LogP contribution in [0.4, 0.5) is 4.39 Å². The van der Waals surface area contributed by atoms with Crippen molar-refractivity contribution < 1.29 is 9.50 Å². The molecule has 0 bridgehead atoms. The smallest absolute Gasteiger partial charge is 0.146 e. The summed E-state index contributed by atoms with van der Waals surface area (Å²) in [6, 6.07) is 5.90. The lowest BCUT2D eigenvalue weighted by Crippen LogP contribution is -1.90. The van der Waals surface area contributed by atoms with Gasteiger partial charge >= 0.3 is 0 Å². The van der Waals surface area contributed by atoms with Gasteiger partial charge in [0.1, 0.15) is 18.5 Å². The van der Waals surface area contributed by atoms with Crippen LogP contribution in [0.25, 0.3) is 0 Å². The largest absolute Gasteiger partial charge is 0.385 e. The lowest BCUT2D eigenvalue weighted by molar-refractivity contribution is 0.407. The maximum Gasteiger partial charge on any atom is 0.146 e. The predicted molar refractivity (Wildman–Crippen MR) is 36.5 cm³/mol. The van der Waals surface area contributed by atoms with Crippen molar-refractivity contribution in [2.24, 2.45) is 0 Å². The molecule has 1 rings (SSSR count). The Morgan fingerprint density at radius 3 is 2.82 bits per heavy atom. The Balaban J connectivity index is 3.23. The molecule has 0 unspecified atom stereocenters. The van der Waals surface area contributed by atoms with Crippen molar-refractivity contribution in [2.45, 2.75) is 0 Å². The molecule has 0 saturated heterocycles. The van der Waals surface area contributed by atoms with Gasteiger partial charge in [0.15, 0.2) is 0 Å². The molecule has 55 valence electrons. The van der Waals surface area contributed by atoms with Gasteiger partial charge in [-0.2, -0.15) is 5.26 Å². The standard InChI is InChI=1S/C8H5FNO/c9-8-6(4-10)2-1-3-7(8)5-11/h1-3,5,11H. The highest BCUT2D eigenvalue weighted by molar-refractivity contribution is 5.36. The molecule has 1 radical (unpaired) electrons. The maximum atomic E-state index is 12.9. The second-order valence-electron chi connectivity index (χ2n) is 1.95. The number of nitriles is 1.